The Morgan fingerprint density at radius 3 is 2.58 bits per heavy atom. The highest BCUT2D eigenvalue weighted by molar-refractivity contribution is 7.14. The molecule has 142 valence electrons. The zero-order valence-corrected chi connectivity index (χ0v) is 17.0. The number of hydrogen-bond donors (Lipinski definition) is 2. The number of anilines is 1. The van der Waals surface area contributed by atoms with Crippen LogP contribution in [-0.4, -0.2) is 30.1 Å². The highest BCUT2D eigenvalue weighted by Crippen LogP contribution is 2.29. The van der Waals surface area contributed by atoms with E-state index in [2.05, 4.69) is 43.2 Å². The van der Waals surface area contributed by atoms with Crippen LogP contribution in [0.2, 0.25) is 0 Å². The number of nitrogens with zero attached hydrogens (tertiary/aromatic N) is 1. The van der Waals surface area contributed by atoms with Gasteiger partial charge in [-0.3, -0.25) is 4.79 Å². The van der Waals surface area contributed by atoms with Gasteiger partial charge in [-0.2, -0.15) is 0 Å². The van der Waals surface area contributed by atoms with E-state index >= 15 is 0 Å². The lowest BCUT2D eigenvalue weighted by molar-refractivity contribution is -0.119. The zero-order chi connectivity index (χ0) is 18.0. The van der Waals surface area contributed by atoms with Crippen LogP contribution in [0.4, 0.5) is 5.13 Å². The Morgan fingerprint density at radius 2 is 1.88 bits per heavy atom. The van der Waals surface area contributed by atoms with E-state index in [0.717, 1.165) is 24.1 Å². The fourth-order valence-corrected chi connectivity index (χ4v) is 3.88. The molecule has 0 saturated carbocycles. The average molecular weight is 396 g/mol. The van der Waals surface area contributed by atoms with Crippen molar-refractivity contribution in [2.24, 2.45) is 11.7 Å². The SMILES string of the molecule is Cc1cc(C)c(-c2csc(NC(=O)C(N)C3CCOCC3)n2)cc1C.Cl. The number of halogens is 1. The maximum Gasteiger partial charge on any atom is 0.243 e. The predicted molar refractivity (Wildman–Crippen MR) is 109 cm³/mol. The minimum Gasteiger partial charge on any atom is -0.381 e. The molecule has 5 nitrogen and oxygen atoms in total. The predicted octanol–water partition coefficient (Wildman–Crippen LogP) is 3.85. The summed E-state index contributed by atoms with van der Waals surface area (Å²) in [5, 5.41) is 5.45. The quantitative estimate of drug-likeness (QED) is 0.824. The number of carbonyl (C=O) groups is 1. The first kappa shape index (κ1) is 20.8. The van der Waals surface area contributed by atoms with Gasteiger partial charge in [0.25, 0.3) is 0 Å². The van der Waals surface area contributed by atoms with Crippen molar-refractivity contribution in [3.05, 3.63) is 34.2 Å². The third kappa shape index (κ3) is 4.62. The number of benzene rings is 1. The summed E-state index contributed by atoms with van der Waals surface area (Å²) in [6.07, 6.45) is 1.67. The zero-order valence-electron chi connectivity index (χ0n) is 15.4. The van der Waals surface area contributed by atoms with Gasteiger partial charge in [0, 0.05) is 24.2 Å². The van der Waals surface area contributed by atoms with E-state index in [-0.39, 0.29) is 24.2 Å². The second-order valence-corrected chi connectivity index (χ2v) is 7.61. The average Bonchev–Trinajstić information content (AvgIpc) is 3.06. The maximum absolute atomic E-state index is 12.4. The smallest absolute Gasteiger partial charge is 0.243 e. The molecule has 1 aliphatic heterocycles. The number of aromatic nitrogens is 1. The topological polar surface area (TPSA) is 77.2 Å². The highest BCUT2D eigenvalue weighted by atomic mass is 35.5. The summed E-state index contributed by atoms with van der Waals surface area (Å²) < 4.78 is 5.33. The molecule has 0 radical (unpaired) electrons. The molecule has 1 aromatic heterocycles. The number of nitrogens with two attached hydrogens (primary N) is 1. The molecular weight excluding hydrogens is 370 g/mol. The Labute approximate surface area is 164 Å². The van der Waals surface area contributed by atoms with Gasteiger partial charge < -0.3 is 15.8 Å². The highest BCUT2D eigenvalue weighted by Gasteiger charge is 2.27. The van der Waals surface area contributed by atoms with Gasteiger partial charge in [-0.05, 0) is 62.3 Å². The molecule has 1 fully saturated rings. The molecule has 3 N–H and O–H groups in total. The number of carbonyl (C=O) groups excluding carboxylic acids is 1. The molecule has 2 heterocycles. The summed E-state index contributed by atoms with van der Waals surface area (Å²) in [6.45, 7) is 7.65. The third-order valence-corrected chi connectivity index (χ3v) is 5.69. The van der Waals surface area contributed by atoms with Crippen molar-refractivity contribution in [1.29, 1.82) is 0 Å². The Bertz CT molecular complexity index is 772. The molecule has 1 saturated heterocycles. The normalized spacial score (nSPS) is 16.0. The number of hydrogen-bond acceptors (Lipinski definition) is 5. The summed E-state index contributed by atoms with van der Waals surface area (Å²) in [6, 6.07) is 3.81. The van der Waals surface area contributed by atoms with Gasteiger partial charge in [-0.15, -0.1) is 23.7 Å². The van der Waals surface area contributed by atoms with Crippen molar-refractivity contribution >= 4 is 34.8 Å². The van der Waals surface area contributed by atoms with Gasteiger partial charge >= 0.3 is 0 Å². The molecule has 0 spiro atoms. The van der Waals surface area contributed by atoms with E-state index in [9.17, 15) is 4.79 Å². The Kier molecular flexibility index (Phi) is 7.17. The Hall–Kier alpha value is -1.47. The summed E-state index contributed by atoms with van der Waals surface area (Å²) in [5.41, 5.74) is 11.8. The molecule has 26 heavy (non-hydrogen) atoms. The number of thiazole rings is 1. The van der Waals surface area contributed by atoms with Gasteiger partial charge in [0.2, 0.25) is 5.91 Å². The Morgan fingerprint density at radius 1 is 1.23 bits per heavy atom. The van der Waals surface area contributed by atoms with Crippen LogP contribution in [-0.2, 0) is 9.53 Å². The van der Waals surface area contributed by atoms with Crippen molar-refractivity contribution in [1.82, 2.24) is 4.98 Å². The van der Waals surface area contributed by atoms with Gasteiger partial charge in [-0.1, -0.05) is 6.07 Å². The maximum atomic E-state index is 12.4. The van der Waals surface area contributed by atoms with Gasteiger partial charge in [0.1, 0.15) is 0 Å². The largest absolute Gasteiger partial charge is 0.381 e. The summed E-state index contributed by atoms with van der Waals surface area (Å²) >= 11 is 1.43. The third-order valence-electron chi connectivity index (χ3n) is 4.93. The molecule has 1 unspecified atom stereocenters. The van der Waals surface area contributed by atoms with Crippen LogP contribution in [0.15, 0.2) is 17.5 Å². The van der Waals surface area contributed by atoms with Crippen LogP contribution in [0.5, 0.6) is 0 Å². The van der Waals surface area contributed by atoms with Crippen LogP contribution in [0.3, 0.4) is 0 Å². The van der Waals surface area contributed by atoms with Crippen molar-refractivity contribution in [3.63, 3.8) is 0 Å². The van der Waals surface area contributed by atoms with Crippen molar-refractivity contribution in [2.75, 3.05) is 18.5 Å². The van der Waals surface area contributed by atoms with Crippen LogP contribution in [0, 0.1) is 26.7 Å². The fourth-order valence-electron chi connectivity index (χ4n) is 3.17. The van der Waals surface area contributed by atoms with Gasteiger partial charge in [-0.25, -0.2) is 4.98 Å². The lowest BCUT2D eigenvalue weighted by Crippen LogP contribution is -2.43. The number of amides is 1. The summed E-state index contributed by atoms with van der Waals surface area (Å²) in [5.74, 6) is 0.0137. The molecule has 0 aliphatic carbocycles. The molecule has 1 atom stereocenters. The number of rotatable bonds is 4. The summed E-state index contributed by atoms with van der Waals surface area (Å²) in [7, 11) is 0. The monoisotopic (exact) mass is 395 g/mol. The molecule has 1 aliphatic rings. The standard InChI is InChI=1S/C19H25N3O2S.ClH/c1-11-8-13(3)15(9-12(11)2)16-10-25-19(21-16)22-18(23)17(20)14-4-6-24-7-5-14;/h8-10,14,17H,4-7,20H2,1-3H3,(H,21,22,23);1H. The molecule has 2 aromatic rings. The van der Waals surface area contributed by atoms with Gasteiger partial charge in [0.05, 0.1) is 11.7 Å². The van der Waals surface area contributed by atoms with E-state index in [1.54, 1.807) is 0 Å². The second kappa shape index (κ2) is 8.95. The van der Waals surface area contributed by atoms with E-state index in [1.807, 2.05) is 5.38 Å². The molecule has 7 heteroatoms. The molecule has 1 amide bonds. The van der Waals surface area contributed by atoms with E-state index < -0.39 is 6.04 Å². The molecular formula is C19H26ClN3O2S. The van der Waals surface area contributed by atoms with E-state index in [1.165, 1.54) is 28.0 Å². The van der Waals surface area contributed by atoms with E-state index in [4.69, 9.17) is 10.5 Å². The number of ether oxygens (including phenoxy) is 1. The molecule has 0 bridgehead atoms. The first-order valence-corrected chi connectivity index (χ1v) is 9.51. The first-order valence-electron chi connectivity index (χ1n) is 8.63. The van der Waals surface area contributed by atoms with E-state index in [0.29, 0.717) is 18.3 Å². The van der Waals surface area contributed by atoms with Gasteiger partial charge in [0.15, 0.2) is 5.13 Å². The molecule has 1 aromatic carbocycles. The number of aryl methyl sites for hydroxylation is 3. The van der Waals surface area contributed by atoms with Crippen LogP contribution in [0.25, 0.3) is 11.3 Å². The summed E-state index contributed by atoms with van der Waals surface area (Å²) in [4.78, 5) is 17.0. The van der Waals surface area contributed by atoms with Crippen molar-refractivity contribution in [2.45, 2.75) is 39.7 Å². The van der Waals surface area contributed by atoms with Crippen molar-refractivity contribution in [3.8, 4) is 11.3 Å². The van der Waals surface area contributed by atoms with Crippen LogP contribution >= 0.6 is 23.7 Å². The number of nitrogens with one attached hydrogen (secondary N) is 1. The molecule has 3 rings (SSSR count). The Balaban J connectivity index is 0.00000243. The minimum absolute atomic E-state index is 0. The first-order chi connectivity index (χ1) is 12.0. The second-order valence-electron chi connectivity index (χ2n) is 6.75. The minimum atomic E-state index is -0.514. The van der Waals surface area contributed by atoms with Crippen LogP contribution in [0.1, 0.15) is 29.5 Å². The lowest BCUT2D eigenvalue weighted by Gasteiger charge is -2.26. The fraction of sp³-hybridized carbons (Fsp3) is 0.474. The lowest BCUT2D eigenvalue weighted by atomic mass is 9.92. The van der Waals surface area contributed by atoms with Crippen LogP contribution < -0.4 is 11.1 Å². The van der Waals surface area contributed by atoms with Crippen molar-refractivity contribution < 1.29 is 9.53 Å².